The van der Waals surface area contributed by atoms with Gasteiger partial charge >= 0.3 is 5.97 Å². The molecule has 1 amide bonds. The largest absolute Gasteiger partial charge is 0.469 e. The quantitative estimate of drug-likeness (QED) is 0.681. The Balaban J connectivity index is 2.09. The van der Waals surface area contributed by atoms with Gasteiger partial charge in [-0.15, -0.1) is 11.8 Å². The van der Waals surface area contributed by atoms with E-state index in [1.165, 1.54) is 18.9 Å². The molecule has 0 spiro atoms. The monoisotopic (exact) mass is 397 g/mol. The van der Waals surface area contributed by atoms with Gasteiger partial charge in [-0.05, 0) is 23.8 Å². The molecule has 1 atom stereocenters. The minimum atomic E-state index is -0.609. The van der Waals surface area contributed by atoms with Crippen molar-refractivity contribution in [3.05, 3.63) is 64.1 Å². The van der Waals surface area contributed by atoms with Gasteiger partial charge in [-0.2, -0.15) is 0 Å². The average Bonchev–Trinajstić information content (AvgIpc) is 2.62. The number of ether oxygens (including phenoxy) is 1. The van der Waals surface area contributed by atoms with Crippen LogP contribution >= 0.6 is 35.0 Å². The molecule has 2 aromatic rings. The first-order valence-electron chi connectivity index (χ1n) is 7.48. The molecule has 0 aliphatic rings. The molecule has 25 heavy (non-hydrogen) atoms. The van der Waals surface area contributed by atoms with Crippen LogP contribution in [0.1, 0.15) is 12.0 Å². The number of thioether (sulfide) groups is 1. The van der Waals surface area contributed by atoms with Crippen LogP contribution in [0.4, 0.5) is 5.69 Å². The first kappa shape index (κ1) is 19.6. The predicted octanol–water partition coefficient (Wildman–Crippen LogP) is 4.80. The number of esters is 1. The van der Waals surface area contributed by atoms with Crippen molar-refractivity contribution in [3.8, 4) is 0 Å². The third-order valence-electron chi connectivity index (χ3n) is 3.35. The zero-order chi connectivity index (χ0) is 18.2. The summed E-state index contributed by atoms with van der Waals surface area (Å²) in [7, 11) is 1.30. The number of carbonyl (C=O) groups is 2. The van der Waals surface area contributed by atoms with E-state index < -0.39 is 11.2 Å². The molecule has 1 unspecified atom stereocenters. The number of halogens is 2. The van der Waals surface area contributed by atoms with Crippen LogP contribution in [-0.2, 0) is 20.1 Å². The lowest BCUT2D eigenvalue weighted by Crippen LogP contribution is -2.28. The van der Waals surface area contributed by atoms with E-state index in [9.17, 15) is 9.59 Å². The molecule has 2 aromatic carbocycles. The van der Waals surface area contributed by atoms with Gasteiger partial charge in [-0.3, -0.25) is 9.59 Å². The van der Waals surface area contributed by atoms with E-state index in [2.05, 4.69) is 5.32 Å². The van der Waals surface area contributed by atoms with Crippen LogP contribution in [0.3, 0.4) is 0 Å². The first-order chi connectivity index (χ1) is 12.0. The molecule has 7 heteroatoms. The van der Waals surface area contributed by atoms with Crippen molar-refractivity contribution in [2.45, 2.75) is 17.4 Å². The van der Waals surface area contributed by atoms with Crippen molar-refractivity contribution in [1.82, 2.24) is 0 Å². The molecule has 0 saturated carbocycles. The molecule has 0 saturated heterocycles. The first-order valence-corrected chi connectivity index (χ1v) is 9.28. The van der Waals surface area contributed by atoms with Crippen molar-refractivity contribution < 1.29 is 14.3 Å². The van der Waals surface area contributed by atoms with Gasteiger partial charge in [0.15, 0.2) is 0 Å². The number of carbonyl (C=O) groups excluding carboxylic acids is 2. The van der Waals surface area contributed by atoms with E-state index in [1.807, 2.05) is 30.3 Å². The highest BCUT2D eigenvalue weighted by Gasteiger charge is 2.24. The predicted molar refractivity (Wildman–Crippen MR) is 103 cm³/mol. The molecule has 0 fully saturated rings. The van der Waals surface area contributed by atoms with E-state index in [-0.39, 0.29) is 12.3 Å². The summed E-state index contributed by atoms with van der Waals surface area (Å²) in [6, 6.07) is 14.5. The molecule has 0 bridgehead atoms. The van der Waals surface area contributed by atoms with E-state index >= 15 is 0 Å². The third kappa shape index (κ3) is 6.27. The fourth-order valence-corrected chi connectivity index (χ4v) is 3.43. The van der Waals surface area contributed by atoms with Crippen LogP contribution < -0.4 is 5.32 Å². The Morgan fingerprint density at radius 3 is 2.56 bits per heavy atom. The van der Waals surface area contributed by atoms with E-state index in [0.717, 1.165) is 5.56 Å². The van der Waals surface area contributed by atoms with E-state index in [4.69, 9.17) is 27.9 Å². The minimum Gasteiger partial charge on any atom is -0.469 e. The second kappa shape index (κ2) is 9.70. The van der Waals surface area contributed by atoms with Crippen LogP contribution in [0, 0.1) is 0 Å². The smallest absolute Gasteiger partial charge is 0.307 e. The molecule has 2 rings (SSSR count). The van der Waals surface area contributed by atoms with Crippen molar-refractivity contribution in [2.24, 2.45) is 0 Å². The van der Waals surface area contributed by atoms with Crippen molar-refractivity contribution >= 4 is 52.5 Å². The average molecular weight is 398 g/mol. The fourth-order valence-electron chi connectivity index (χ4n) is 2.04. The zero-order valence-electron chi connectivity index (χ0n) is 13.5. The number of hydrogen-bond acceptors (Lipinski definition) is 4. The third-order valence-corrected chi connectivity index (χ3v) is 5.20. The Morgan fingerprint density at radius 2 is 1.88 bits per heavy atom. The summed E-state index contributed by atoms with van der Waals surface area (Å²) in [5.41, 5.74) is 1.48. The topological polar surface area (TPSA) is 55.4 Å². The number of amides is 1. The van der Waals surface area contributed by atoms with Crippen LogP contribution in [0.25, 0.3) is 0 Å². The molecule has 0 radical (unpaired) electrons. The summed E-state index contributed by atoms with van der Waals surface area (Å²) < 4.78 is 4.70. The Hall–Kier alpha value is -1.69. The van der Waals surface area contributed by atoms with Gasteiger partial charge in [-0.1, -0.05) is 53.5 Å². The highest BCUT2D eigenvalue weighted by Crippen LogP contribution is 2.28. The molecule has 0 aromatic heterocycles. The molecular weight excluding hydrogens is 381 g/mol. The lowest BCUT2D eigenvalue weighted by atomic mass is 10.2. The zero-order valence-corrected chi connectivity index (χ0v) is 15.8. The number of methoxy groups -OCH3 is 1. The maximum Gasteiger partial charge on any atom is 0.307 e. The fraction of sp³-hybridized carbons (Fsp3) is 0.222. The van der Waals surface area contributed by atoms with Gasteiger partial charge in [0, 0.05) is 10.8 Å². The normalized spacial score (nSPS) is 11.6. The summed E-state index contributed by atoms with van der Waals surface area (Å²) in [6.45, 7) is 0. The maximum atomic E-state index is 12.6. The standard InChI is InChI=1S/C18H17Cl2NO3S/c1-24-17(22)10-16(25-11-12-5-3-2-4-6-12)18(23)21-15-9-13(19)7-8-14(15)20/h2-9,16H,10-11H2,1H3,(H,21,23). The Bertz CT molecular complexity index is 740. The van der Waals surface area contributed by atoms with Crippen molar-refractivity contribution in [1.29, 1.82) is 0 Å². The highest BCUT2D eigenvalue weighted by atomic mass is 35.5. The van der Waals surface area contributed by atoms with Gasteiger partial charge < -0.3 is 10.1 Å². The second-order valence-electron chi connectivity index (χ2n) is 5.18. The molecule has 0 heterocycles. The Labute approximate surface area is 160 Å². The van der Waals surface area contributed by atoms with E-state index in [1.54, 1.807) is 18.2 Å². The van der Waals surface area contributed by atoms with Gasteiger partial charge in [-0.25, -0.2) is 0 Å². The minimum absolute atomic E-state index is 0.0297. The maximum absolute atomic E-state index is 12.6. The van der Waals surface area contributed by atoms with Gasteiger partial charge in [0.25, 0.3) is 0 Å². The second-order valence-corrected chi connectivity index (χ2v) is 7.21. The number of rotatable bonds is 7. The molecule has 1 N–H and O–H groups in total. The van der Waals surface area contributed by atoms with Crippen LogP contribution in [0.2, 0.25) is 10.0 Å². The van der Waals surface area contributed by atoms with Gasteiger partial charge in [0.05, 0.1) is 29.5 Å². The van der Waals surface area contributed by atoms with Crippen LogP contribution in [0.5, 0.6) is 0 Å². The van der Waals surface area contributed by atoms with Crippen molar-refractivity contribution in [3.63, 3.8) is 0 Å². The summed E-state index contributed by atoms with van der Waals surface area (Å²) >= 11 is 13.4. The number of anilines is 1. The summed E-state index contributed by atoms with van der Waals surface area (Å²) in [5, 5.41) is 2.96. The lowest BCUT2D eigenvalue weighted by Gasteiger charge is -2.16. The molecule has 132 valence electrons. The number of benzene rings is 2. The summed E-state index contributed by atoms with van der Waals surface area (Å²) in [6.07, 6.45) is -0.0297. The Morgan fingerprint density at radius 1 is 1.16 bits per heavy atom. The highest BCUT2D eigenvalue weighted by molar-refractivity contribution is 7.99. The number of hydrogen-bond donors (Lipinski definition) is 1. The van der Waals surface area contributed by atoms with Crippen molar-refractivity contribution in [2.75, 3.05) is 12.4 Å². The Kier molecular flexibility index (Phi) is 7.62. The summed E-state index contributed by atoms with van der Waals surface area (Å²) in [4.78, 5) is 24.3. The lowest BCUT2D eigenvalue weighted by molar-refractivity contribution is -0.141. The van der Waals surface area contributed by atoms with Gasteiger partial charge in [0.1, 0.15) is 0 Å². The summed E-state index contributed by atoms with van der Waals surface area (Å²) in [5.74, 6) is -0.174. The SMILES string of the molecule is COC(=O)CC(SCc1ccccc1)C(=O)Nc1cc(Cl)ccc1Cl. The van der Waals surface area contributed by atoms with Crippen LogP contribution in [0.15, 0.2) is 48.5 Å². The molecular formula is C18H17Cl2NO3S. The molecule has 0 aliphatic carbocycles. The van der Waals surface area contributed by atoms with Crippen LogP contribution in [-0.4, -0.2) is 24.2 Å². The molecule has 4 nitrogen and oxygen atoms in total. The van der Waals surface area contributed by atoms with E-state index in [0.29, 0.717) is 21.5 Å². The van der Waals surface area contributed by atoms with Gasteiger partial charge in [0.2, 0.25) is 5.91 Å². The number of nitrogens with one attached hydrogen (secondary N) is 1. The molecule has 0 aliphatic heterocycles.